The molecule has 0 aromatic heterocycles. The molecule has 3 rings (SSSR count). The Hall–Kier alpha value is -2.82. The van der Waals surface area contributed by atoms with Crippen molar-refractivity contribution in [1.82, 2.24) is 0 Å². The van der Waals surface area contributed by atoms with E-state index in [0.29, 0.717) is 24.3 Å². The van der Waals surface area contributed by atoms with Crippen LogP contribution in [0.4, 0.5) is 11.4 Å². The van der Waals surface area contributed by atoms with Crippen LogP contribution in [0.15, 0.2) is 48.5 Å². The van der Waals surface area contributed by atoms with Crippen molar-refractivity contribution in [2.24, 2.45) is 0 Å². The Balaban J connectivity index is 1.54. The van der Waals surface area contributed by atoms with Crippen LogP contribution in [0.2, 0.25) is 0 Å². The number of carbonyl (C=O) groups excluding carboxylic acids is 2. The number of benzene rings is 2. The average molecular weight is 366 g/mol. The molecule has 1 saturated heterocycles. The normalized spacial score (nSPS) is 13.7. The molecule has 1 N–H and O–H groups in total. The minimum atomic E-state index is -0.169. The number of rotatable bonds is 8. The molecule has 1 fully saturated rings. The highest BCUT2D eigenvalue weighted by Gasteiger charge is 2.21. The van der Waals surface area contributed by atoms with Gasteiger partial charge in [-0.3, -0.25) is 9.59 Å². The van der Waals surface area contributed by atoms with Crippen molar-refractivity contribution in [1.29, 1.82) is 0 Å². The fraction of sp³-hybridized carbons (Fsp3) is 0.364. The second-order valence-corrected chi connectivity index (χ2v) is 6.73. The van der Waals surface area contributed by atoms with Crippen molar-refractivity contribution in [2.75, 3.05) is 23.4 Å². The Morgan fingerprint density at radius 2 is 1.81 bits per heavy atom. The maximum atomic E-state index is 12.4. The first-order valence-corrected chi connectivity index (χ1v) is 9.62. The van der Waals surface area contributed by atoms with E-state index in [4.69, 9.17) is 4.74 Å². The van der Waals surface area contributed by atoms with Gasteiger partial charge in [-0.15, -0.1) is 0 Å². The molecule has 5 heteroatoms. The molecular weight excluding hydrogens is 340 g/mol. The Morgan fingerprint density at radius 3 is 2.44 bits per heavy atom. The number of unbranched alkanes of at least 4 members (excludes halogenated alkanes) is 2. The van der Waals surface area contributed by atoms with Crippen LogP contribution in [0.1, 0.15) is 49.4 Å². The van der Waals surface area contributed by atoms with E-state index in [1.165, 1.54) is 0 Å². The number of nitrogens with zero attached hydrogens (tertiary/aromatic N) is 1. The van der Waals surface area contributed by atoms with Crippen LogP contribution in [-0.4, -0.2) is 25.0 Å². The Labute approximate surface area is 160 Å². The number of carbonyl (C=O) groups is 2. The van der Waals surface area contributed by atoms with E-state index in [1.54, 1.807) is 17.0 Å². The van der Waals surface area contributed by atoms with E-state index < -0.39 is 0 Å². The Bertz CT molecular complexity index is 769. The van der Waals surface area contributed by atoms with Crippen LogP contribution >= 0.6 is 0 Å². The number of hydrogen-bond donors (Lipinski definition) is 1. The smallest absolute Gasteiger partial charge is 0.255 e. The number of amides is 2. The molecule has 1 aliphatic heterocycles. The van der Waals surface area contributed by atoms with Crippen LogP contribution < -0.4 is 15.0 Å². The molecule has 142 valence electrons. The maximum absolute atomic E-state index is 12.4. The first-order valence-electron chi connectivity index (χ1n) is 9.62. The first kappa shape index (κ1) is 19.0. The molecule has 27 heavy (non-hydrogen) atoms. The molecule has 0 saturated carbocycles. The highest BCUT2D eigenvalue weighted by molar-refractivity contribution is 6.04. The standard InChI is InChI=1S/C22H26N2O3/c1-2-3-4-16-27-20-13-7-17(8-14-20)22(26)23-18-9-11-19(12-10-18)24-15-5-6-21(24)25/h7-14H,2-6,15-16H2,1H3,(H,23,26). The number of nitrogens with one attached hydrogen (secondary N) is 1. The van der Waals surface area contributed by atoms with Gasteiger partial charge >= 0.3 is 0 Å². The topological polar surface area (TPSA) is 58.6 Å². The molecular formula is C22H26N2O3. The van der Waals surface area contributed by atoms with Crippen LogP contribution in [0.25, 0.3) is 0 Å². The summed E-state index contributed by atoms with van der Waals surface area (Å²) in [5.74, 6) is 0.767. The zero-order valence-corrected chi connectivity index (χ0v) is 15.7. The molecule has 5 nitrogen and oxygen atoms in total. The summed E-state index contributed by atoms with van der Waals surface area (Å²) in [6.45, 7) is 3.62. The van der Waals surface area contributed by atoms with Gasteiger partial charge in [0.05, 0.1) is 6.61 Å². The Kier molecular flexibility index (Phi) is 6.47. The molecule has 0 radical (unpaired) electrons. The lowest BCUT2D eigenvalue weighted by molar-refractivity contribution is -0.117. The molecule has 1 aliphatic rings. The lowest BCUT2D eigenvalue weighted by atomic mass is 10.2. The molecule has 0 aliphatic carbocycles. The lowest BCUT2D eigenvalue weighted by Gasteiger charge is -2.16. The lowest BCUT2D eigenvalue weighted by Crippen LogP contribution is -2.23. The predicted molar refractivity (Wildman–Crippen MR) is 107 cm³/mol. The summed E-state index contributed by atoms with van der Waals surface area (Å²) in [7, 11) is 0. The second-order valence-electron chi connectivity index (χ2n) is 6.73. The van der Waals surface area contributed by atoms with Crippen LogP contribution in [0.5, 0.6) is 5.75 Å². The molecule has 0 bridgehead atoms. The van der Waals surface area contributed by atoms with Crippen LogP contribution in [0.3, 0.4) is 0 Å². The molecule has 2 aromatic carbocycles. The summed E-state index contributed by atoms with van der Waals surface area (Å²) in [5, 5.41) is 2.88. The van der Waals surface area contributed by atoms with Gasteiger partial charge in [0, 0.05) is 29.9 Å². The van der Waals surface area contributed by atoms with Gasteiger partial charge in [-0.25, -0.2) is 0 Å². The number of anilines is 2. The number of hydrogen-bond acceptors (Lipinski definition) is 3. The van der Waals surface area contributed by atoms with Gasteiger partial charge < -0.3 is 15.0 Å². The minimum Gasteiger partial charge on any atom is -0.494 e. The van der Waals surface area contributed by atoms with E-state index in [9.17, 15) is 9.59 Å². The van der Waals surface area contributed by atoms with Crippen molar-refractivity contribution in [3.8, 4) is 5.75 Å². The van der Waals surface area contributed by atoms with Gasteiger partial charge in [-0.2, -0.15) is 0 Å². The fourth-order valence-corrected chi connectivity index (χ4v) is 3.09. The summed E-state index contributed by atoms with van der Waals surface area (Å²) in [6.07, 6.45) is 4.87. The third-order valence-electron chi connectivity index (χ3n) is 4.64. The van der Waals surface area contributed by atoms with Crippen molar-refractivity contribution in [2.45, 2.75) is 39.0 Å². The summed E-state index contributed by atoms with van der Waals surface area (Å²) in [5.41, 5.74) is 2.16. The van der Waals surface area contributed by atoms with Crippen LogP contribution in [-0.2, 0) is 4.79 Å². The highest BCUT2D eigenvalue weighted by Crippen LogP contribution is 2.23. The summed E-state index contributed by atoms with van der Waals surface area (Å²) in [4.78, 5) is 26.0. The monoisotopic (exact) mass is 366 g/mol. The van der Waals surface area contributed by atoms with Gasteiger partial charge in [-0.05, 0) is 61.4 Å². The van der Waals surface area contributed by atoms with Crippen molar-refractivity contribution >= 4 is 23.2 Å². The minimum absolute atomic E-state index is 0.156. The third kappa shape index (κ3) is 5.09. The average Bonchev–Trinajstić information content (AvgIpc) is 3.12. The van der Waals surface area contributed by atoms with Crippen molar-refractivity contribution in [3.05, 3.63) is 54.1 Å². The Morgan fingerprint density at radius 1 is 1.07 bits per heavy atom. The zero-order valence-electron chi connectivity index (χ0n) is 15.7. The molecule has 1 heterocycles. The van der Waals surface area contributed by atoms with Gasteiger partial charge in [-0.1, -0.05) is 19.8 Å². The van der Waals surface area contributed by atoms with Gasteiger partial charge in [0.25, 0.3) is 5.91 Å². The second kappa shape index (κ2) is 9.21. The number of ether oxygens (including phenoxy) is 1. The fourth-order valence-electron chi connectivity index (χ4n) is 3.09. The van der Waals surface area contributed by atoms with E-state index >= 15 is 0 Å². The van der Waals surface area contributed by atoms with Crippen LogP contribution in [0, 0.1) is 0 Å². The first-order chi connectivity index (χ1) is 13.2. The van der Waals surface area contributed by atoms with Gasteiger partial charge in [0.1, 0.15) is 5.75 Å². The van der Waals surface area contributed by atoms with Gasteiger partial charge in [0.2, 0.25) is 5.91 Å². The van der Waals surface area contributed by atoms with E-state index in [0.717, 1.165) is 43.7 Å². The molecule has 0 spiro atoms. The SMILES string of the molecule is CCCCCOc1ccc(C(=O)Nc2ccc(N3CCCC3=O)cc2)cc1. The molecule has 0 atom stereocenters. The zero-order chi connectivity index (χ0) is 19.1. The van der Waals surface area contributed by atoms with Crippen molar-refractivity contribution in [3.63, 3.8) is 0 Å². The van der Waals surface area contributed by atoms with Gasteiger partial charge in [0.15, 0.2) is 0 Å². The van der Waals surface area contributed by atoms with E-state index in [1.807, 2.05) is 36.4 Å². The molecule has 2 amide bonds. The predicted octanol–water partition coefficient (Wildman–Crippen LogP) is 4.63. The molecule has 0 unspecified atom stereocenters. The van der Waals surface area contributed by atoms with Crippen molar-refractivity contribution < 1.29 is 14.3 Å². The summed E-state index contributed by atoms with van der Waals surface area (Å²) in [6, 6.07) is 14.6. The quantitative estimate of drug-likeness (QED) is 0.693. The largest absolute Gasteiger partial charge is 0.494 e. The third-order valence-corrected chi connectivity index (χ3v) is 4.64. The molecule has 2 aromatic rings. The maximum Gasteiger partial charge on any atom is 0.255 e. The summed E-state index contributed by atoms with van der Waals surface area (Å²) < 4.78 is 5.67. The van der Waals surface area contributed by atoms with E-state index in [-0.39, 0.29) is 11.8 Å². The van der Waals surface area contributed by atoms with E-state index in [2.05, 4.69) is 12.2 Å². The summed E-state index contributed by atoms with van der Waals surface area (Å²) >= 11 is 0. The highest BCUT2D eigenvalue weighted by atomic mass is 16.5.